The first-order chi connectivity index (χ1) is 14.2. The quantitative estimate of drug-likeness (QED) is 0.522. The first-order valence-electron chi connectivity index (χ1n) is 9.40. The molecule has 8 heteroatoms. The van der Waals surface area contributed by atoms with Crippen molar-refractivity contribution < 1.29 is 9.53 Å². The van der Waals surface area contributed by atoms with E-state index in [0.717, 1.165) is 47.5 Å². The Morgan fingerprint density at radius 1 is 1.10 bits per heavy atom. The van der Waals surface area contributed by atoms with Crippen LogP contribution in [-0.2, 0) is 4.79 Å². The summed E-state index contributed by atoms with van der Waals surface area (Å²) in [6, 6.07) is 14.2. The summed E-state index contributed by atoms with van der Waals surface area (Å²) in [4.78, 5) is 24.0. The predicted octanol–water partition coefficient (Wildman–Crippen LogP) is 4.47. The van der Waals surface area contributed by atoms with Crippen LogP contribution in [0.2, 0.25) is 0 Å². The number of methoxy groups -OCH3 is 1. The molecule has 0 spiro atoms. The Labute approximate surface area is 183 Å². The van der Waals surface area contributed by atoms with Gasteiger partial charge in [-0.3, -0.25) is 4.79 Å². The molecule has 4 rings (SSSR count). The van der Waals surface area contributed by atoms with Gasteiger partial charge >= 0.3 is 0 Å². The van der Waals surface area contributed by atoms with Gasteiger partial charge in [0.15, 0.2) is 5.13 Å². The van der Waals surface area contributed by atoms with Crippen LogP contribution in [0, 0.1) is 0 Å². The fourth-order valence-corrected chi connectivity index (χ4v) is 5.58. The summed E-state index contributed by atoms with van der Waals surface area (Å²) in [7, 11) is 1.65. The molecule has 2 heterocycles. The van der Waals surface area contributed by atoms with Crippen molar-refractivity contribution in [3.63, 3.8) is 0 Å². The molecule has 0 aliphatic carbocycles. The Bertz CT molecular complexity index is 983. The minimum atomic E-state index is 0.194. The van der Waals surface area contributed by atoms with Gasteiger partial charge in [0.05, 0.1) is 23.1 Å². The highest BCUT2D eigenvalue weighted by Gasteiger charge is 2.23. The van der Waals surface area contributed by atoms with Crippen LogP contribution in [0.4, 0.5) is 5.13 Å². The number of carbonyl (C=O) groups excluding carboxylic acids is 1. The number of benzene rings is 2. The molecule has 0 atom stereocenters. The summed E-state index contributed by atoms with van der Waals surface area (Å²) in [6.07, 6.45) is 2.09. The van der Waals surface area contributed by atoms with E-state index in [0.29, 0.717) is 5.75 Å². The van der Waals surface area contributed by atoms with Crippen LogP contribution < -0.4 is 9.64 Å². The van der Waals surface area contributed by atoms with Crippen molar-refractivity contribution in [2.75, 3.05) is 50.2 Å². The van der Waals surface area contributed by atoms with Crippen molar-refractivity contribution in [3.05, 3.63) is 42.5 Å². The van der Waals surface area contributed by atoms with E-state index < -0.39 is 0 Å². The summed E-state index contributed by atoms with van der Waals surface area (Å²) in [6.45, 7) is 3.14. The summed E-state index contributed by atoms with van der Waals surface area (Å²) < 4.78 is 6.40. The number of rotatable bonds is 6. The molecule has 0 bridgehead atoms. The number of thioether (sulfide) groups is 2. The molecule has 3 aromatic rings. The maximum absolute atomic E-state index is 12.6. The molecule has 0 radical (unpaired) electrons. The molecular formula is C21H23N3O2S3. The first kappa shape index (κ1) is 20.4. The van der Waals surface area contributed by atoms with Crippen LogP contribution in [0.3, 0.4) is 0 Å². The summed E-state index contributed by atoms with van der Waals surface area (Å²) in [5, 5.41) is 1.05. The molecule has 0 unspecified atom stereocenters. The number of fused-ring (bicyclic) bond motifs is 1. The first-order valence-corrected chi connectivity index (χ1v) is 12.4. The third kappa shape index (κ3) is 4.82. The fraction of sp³-hybridized carbons (Fsp3) is 0.333. The Hall–Kier alpha value is -1.90. The van der Waals surface area contributed by atoms with E-state index >= 15 is 0 Å². The average Bonchev–Trinajstić information content (AvgIpc) is 3.21. The van der Waals surface area contributed by atoms with E-state index in [2.05, 4.69) is 29.4 Å². The lowest BCUT2D eigenvalue weighted by atomic mass is 10.3. The minimum Gasteiger partial charge on any atom is -0.497 e. The number of hydrogen-bond acceptors (Lipinski definition) is 7. The van der Waals surface area contributed by atoms with E-state index in [1.165, 1.54) is 9.60 Å². The lowest BCUT2D eigenvalue weighted by molar-refractivity contribution is -0.128. The number of anilines is 1. The van der Waals surface area contributed by atoms with Crippen molar-refractivity contribution in [1.29, 1.82) is 0 Å². The second-order valence-electron chi connectivity index (χ2n) is 6.66. The van der Waals surface area contributed by atoms with Gasteiger partial charge in [0.2, 0.25) is 5.91 Å². The molecule has 0 saturated carbocycles. The van der Waals surface area contributed by atoms with E-state index in [-0.39, 0.29) is 5.91 Å². The molecule has 29 heavy (non-hydrogen) atoms. The number of aromatic nitrogens is 1. The largest absolute Gasteiger partial charge is 0.497 e. The summed E-state index contributed by atoms with van der Waals surface area (Å²) >= 11 is 5.06. The maximum atomic E-state index is 12.6. The standard InChI is InChI=1S/C21H23N3O2S3/c1-26-15-3-5-16(6-4-15)28-14-20(25)23-9-11-24(12-10-23)21-22-18-8-7-17(27-2)13-19(18)29-21/h3-8,13H,9-12,14H2,1-2H3. The number of thiazole rings is 1. The number of ether oxygens (including phenoxy) is 1. The SMILES string of the molecule is COc1ccc(SCC(=O)N2CCN(c3nc4ccc(SC)cc4s3)CC2)cc1. The van der Waals surface area contributed by atoms with Crippen molar-refractivity contribution in [3.8, 4) is 5.75 Å². The molecule has 1 saturated heterocycles. The molecule has 1 aliphatic rings. The van der Waals surface area contributed by atoms with Gasteiger partial charge in [-0.2, -0.15) is 0 Å². The number of hydrogen-bond donors (Lipinski definition) is 0. The van der Waals surface area contributed by atoms with E-state index in [4.69, 9.17) is 9.72 Å². The lowest BCUT2D eigenvalue weighted by Gasteiger charge is -2.34. The molecule has 1 aliphatic heterocycles. The van der Waals surface area contributed by atoms with Crippen LogP contribution in [0.25, 0.3) is 10.2 Å². The zero-order valence-corrected chi connectivity index (χ0v) is 18.9. The van der Waals surface area contributed by atoms with Gasteiger partial charge in [0, 0.05) is 36.0 Å². The molecule has 1 fully saturated rings. The molecule has 0 N–H and O–H groups in total. The Balaban J connectivity index is 1.31. The molecule has 1 amide bonds. The monoisotopic (exact) mass is 445 g/mol. The maximum Gasteiger partial charge on any atom is 0.233 e. The van der Waals surface area contributed by atoms with Gasteiger partial charge in [0.25, 0.3) is 0 Å². The second-order valence-corrected chi connectivity index (χ2v) is 9.60. The van der Waals surface area contributed by atoms with Gasteiger partial charge < -0.3 is 14.5 Å². The van der Waals surface area contributed by atoms with E-state index in [9.17, 15) is 4.79 Å². The normalized spacial score (nSPS) is 14.4. The Kier molecular flexibility index (Phi) is 6.52. The summed E-state index contributed by atoms with van der Waals surface area (Å²) in [5.74, 6) is 1.49. The highest BCUT2D eigenvalue weighted by Crippen LogP contribution is 2.32. The van der Waals surface area contributed by atoms with E-state index in [1.54, 1.807) is 42.0 Å². The van der Waals surface area contributed by atoms with Crippen LogP contribution in [0.1, 0.15) is 0 Å². The van der Waals surface area contributed by atoms with Crippen molar-refractivity contribution in [2.45, 2.75) is 9.79 Å². The molecular weight excluding hydrogens is 422 g/mol. The molecule has 1 aromatic heterocycles. The van der Waals surface area contributed by atoms with Crippen molar-refractivity contribution in [2.24, 2.45) is 0 Å². The molecule has 152 valence electrons. The number of piperazine rings is 1. The van der Waals surface area contributed by atoms with Crippen LogP contribution >= 0.6 is 34.9 Å². The second kappa shape index (κ2) is 9.28. The predicted molar refractivity (Wildman–Crippen MR) is 124 cm³/mol. The van der Waals surface area contributed by atoms with Crippen molar-refractivity contribution in [1.82, 2.24) is 9.88 Å². The fourth-order valence-electron chi connectivity index (χ4n) is 3.21. The zero-order chi connectivity index (χ0) is 20.2. The van der Waals surface area contributed by atoms with Crippen LogP contribution in [-0.4, -0.2) is 61.1 Å². The highest BCUT2D eigenvalue weighted by atomic mass is 32.2. The van der Waals surface area contributed by atoms with Gasteiger partial charge in [-0.1, -0.05) is 11.3 Å². The topological polar surface area (TPSA) is 45.7 Å². The third-order valence-electron chi connectivity index (χ3n) is 4.91. The lowest BCUT2D eigenvalue weighted by Crippen LogP contribution is -2.49. The number of amides is 1. The van der Waals surface area contributed by atoms with Crippen LogP contribution in [0.15, 0.2) is 52.3 Å². The Morgan fingerprint density at radius 3 is 2.52 bits per heavy atom. The molecule has 5 nitrogen and oxygen atoms in total. The Morgan fingerprint density at radius 2 is 1.83 bits per heavy atom. The van der Waals surface area contributed by atoms with Gasteiger partial charge in [-0.05, 0) is 48.7 Å². The average molecular weight is 446 g/mol. The van der Waals surface area contributed by atoms with E-state index in [1.807, 2.05) is 29.2 Å². The minimum absolute atomic E-state index is 0.194. The summed E-state index contributed by atoms with van der Waals surface area (Å²) in [5.41, 5.74) is 1.05. The molecule has 2 aromatic carbocycles. The van der Waals surface area contributed by atoms with Gasteiger partial charge in [0.1, 0.15) is 5.75 Å². The zero-order valence-electron chi connectivity index (χ0n) is 16.5. The third-order valence-corrected chi connectivity index (χ3v) is 7.71. The van der Waals surface area contributed by atoms with Gasteiger partial charge in [-0.25, -0.2) is 4.98 Å². The highest BCUT2D eigenvalue weighted by molar-refractivity contribution is 8.00. The van der Waals surface area contributed by atoms with Crippen molar-refractivity contribution >= 4 is 56.1 Å². The van der Waals surface area contributed by atoms with Gasteiger partial charge in [-0.15, -0.1) is 23.5 Å². The van der Waals surface area contributed by atoms with Crippen LogP contribution in [0.5, 0.6) is 5.75 Å². The number of nitrogens with zero attached hydrogens (tertiary/aromatic N) is 3. The number of carbonyl (C=O) groups is 1. The smallest absolute Gasteiger partial charge is 0.233 e.